The maximum absolute atomic E-state index is 12.8. The third-order valence-electron chi connectivity index (χ3n) is 5.78. The fourth-order valence-electron chi connectivity index (χ4n) is 4.57. The van der Waals surface area contributed by atoms with E-state index in [2.05, 4.69) is 6.58 Å². The van der Waals surface area contributed by atoms with E-state index in [0.29, 0.717) is 16.7 Å². The molecule has 0 saturated carbocycles. The highest BCUT2D eigenvalue weighted by Crippen LogP contribution is 2.51. The number of hydrogen-bond acceptors (Lipinski definition) is 8. The number of ketones is 1. The molecule has 8 heteroatoms. The lowest BCUT2D eigenvalue weighted by Gasteiger charge is -2.34. The predicted molar refractivity (Wildman–Crippen MR) is 99.2 cm³/mol. The first-order chi connectivity index (χ1) is 13.5. The number of rotatable bonds is 4. The Morgan fingerprint density at radius 2 is 2.00 bits per heavy atom. The quantitative estimate of drug-likeness (QED) is 0.422. The van der Waals surface area contributed by atoms with Crippen LogP contribution in [0, 0.1) is 11.8 Å². The van der Waals surface area contributed by atoms with Gasteiger partial charge in [0, 0.05) is 30.4 Å². The zero-order chi connectivity index (χ0) is 21.7. The highest BCUT2D eigenvalue weighted by molar-refractivity contribution is 6.09. The summed E-state index contributed by atoms with van der Waals surface area (Å²) in [5, 5.41) is 9.93. The fourth-order valence-corrected chi connectivity index (χ4v) is 4.57. The van der Waals surface area contributed by atoms with Crippen molar-refractivity contribution in [3.05, 3.63) is 34.9 Å². The van der Waals surface area contributed by atoms with Gasteiger partial charge in [-0.15, -0.1) is 0 Å². The molecule has 0 radical (unpaired) electrons. The lowest BCUT2D eigenvalue weighted by Crippen LogP contribution is -2.50. The van der Waals surface area contributed by atoms with Crippen molar-refractivity contribution in [3.63, 3.8) is 0 Å². The number of fused-ring (bicyclic) bond motifs is 3. The van der Waals surface area contributed by atoms with Gasteiger partial charge in [0.25, 0.3) is 0 Å². The van der Waals surface area contributed by atoms with E-state index >= 15 is 0 Å². The summed E-state index contributed by atoms with van der Waals surface area (Å²) >= 11 is 0. The minimum Gasteiger partial charge on any atom is -0.458 e. The molecule has 5 atom stereocenters. The molecule has 0 aromatic heterocycles. The van der Waals surface area contributed by atoms with E-state index < -0.39 is 54.2 Å². The Hall–Kier alpha value is -2.74. The molecule has 0 spiro atoms. The van der Waals surface area contributed by atoms with Crippen molar-refractivity contribution >= 4 is 23.7 Å². The molecule has 0 amide bonds. The van der Waals surface area contributed by atoms with Crippen LogP contribution < -0.4 is 0 Å². The molecule has 0 unspecified atom stereocenters. The van der Waals surface area contributed by atoms with Crippen LogP contribution in [0.25, 0.3) is 0 Å². The summed E-state index contributed by atoms with van der Waals surface area (Å²) in [4.78, 5) is 49.4. The van der Waals surface area contributed by atoms with Gasteiger partial charge in [0.05, 0.1) is 12.5 Å². The number of carbonyl (C=O) groups is 4. The van der Waals surface area contributed by atoms with Crippen LogP contribution in [-0.2, 0) is 33.4 Å². The molecular weight excluding hydrogens is 380 g/mol. The molecule has 3 rings (SSSR count). The molecule has 0 aromatic carbocycles. The number of hydrogen-bond donors (Lipinski definition) is 1. The molecule has 2 aliphatic carbocycles. The summed E-state index contributed by atoms with van der Waals surface area (Å²) in [5.41, 5.74) is -0.149. The first-order valence-electron chi connectivity index (χ1n) is 9.33. The third kappa shape index (κ3) is 3.31. The van der Waals surface area contributed by atoms with E-state index in [4.69, 9.17) is 14.2 Å². The number of carbonyl (C=O) groups excluding carboxylic acids is 4. The Balaban J connectivity index is 2.16. The van der Waals surface area contributed by atoms with Gasteiger partial charge < -0.3 is 19.3 Å². The van der Waals surface area contributed by atoms with Crippen LogP contribution in [0.3, 0.4) is 0 Å². The lowest BCUT2D eigenvalue weighted by atomic mass is 9.77. The van der Waals surface area contributed by atoms with Gasteiger partial charge in [-0.2, -0.15) is 0 Å². The lowest BCUT2D eigenvalue weighted by molar-refractivity contribution is -0.176. The molecule has 0 aromatic rings. The van der Waals surface area contributed by atoms with E-state index in [1.54, 1.807) is 6.92 Å². The summed E-state index contributed by atoms with van der Waals surface area (Å²) in [7, 11) is 0. The number of allylic oxidation sites excluding steroid dienone is 1. The highest BCUT2D eigenvalue weighted by atomic mass is 16.6. The van der Waals surface area contributed by atoms with Gasteiger partial charge >= 0.3 is 17.9 Å². The van der Waals surface area contributed by atoms with Crippen molar-refractivity contribution in [1.29, 1.82) is 0 Å². The SMILES string of the molecule is C=C(C)C(=O)O[C@H]1CC(CO)=C2C(=O)C=C(C)[C@H]2[C@@H]2OC(=O)[C@@](C)(OC(C)=O)[C@@H]21. The Morgan fingerprint density at radius 1 is 1.34 bits per heavy atom. The van der Waals surface area contributed by atoms with Crippen LogP contribution in [0.5, 0.6) is 0 Å². The molecule has 29 heavy (non-hydrogen) atoms. The second-order valence-electron chi connectivity index (χ2n) is 7.93. The minimum absolute atomic E-state index is 0.00285. The summed E-state index contributed by atoms with van der Waals surface area (Å²) in [6.07, 6.45) is -0.414. The fraction of sp³-hybridized carbons (Fsp3) is 0.524. The van der Waals surface area contributed by atoms with Crippen LogP contribution in [0.4, 0.5) is 0 Å². The van der Waals surface area contributed by atoms with Crippen LogP contribution in [0.15, 0.2) is 34.9 Å². The maximum atomic E-state index is 12.8. The van der Waals surface area contributed by atoms with E-state index in [9.17, 15) is 24.3 Å². The van der Waals surface area contributed by atoms with E-state index in [1.807, 2.05) is 0 Å². The first-order valence-corrected chi connectivity index (χ1v) is 9.33. The zero-order valence-electron chi connectivity index (χ0n) is 16.8. The normalized spacial score (nSPS) is 33.3. The molecule has 1 aliphatic heterocycles. The Bertz CT molecular complexity index is 879. The van der Waals surface area contributed by atoms with Gasteiger partial charge in [-0.05, 0) is 32.4 Å². The second kappa shape index (κ2) is 7.26. The van der Waals surface area contributed by atoms with Crippen LogP contribution in [0.1, 0.15) is 34.1 Å². The number of ether oxygens (including phenoxy) is 3. The summed E-state index contributed by atoms with van der Waals surface area (Å²) in [6, 6.07) is 0. The topological polar surface area (TPSA) is 116 Å². The van der Waals surface area contributed by atoms with E-state index in [-0.39, 0.29) is 17.8 Å². The zero-order valence-corrected chi connectivity index (χ0v) is 16.8. The van der Waals surface area contributed by atoms with Crippen molar-refractivity contribution in [3.8, 4) is 0 Å². The van der Waals surface area contributed by atoms with Gasteiger partial charge in [-0.25, -0.2) is 9.59 Å². The molecule has 1 heterocycles. The van der Waals surface area contributed by atoms with Gasteiger partial charge in [0.2, 0.25) is 5.60 Å². The molecule has 1 saturated heterocycles. The molecule has 156 valence electrons. The Labute approximate surface area is 168 Å². The van der Waals surface area contributed by atoms with Gasteiger partial charge in [-0.1, -0.05) is 12.2 Å². The number of aliphatic hydroxyl groups is 1. The summed E-state index contributed by atoms with van der Waals surface area (Å²) in [6.45, 7) is 8.95. The van der Waals surface area contributed by atoms with Crippen molar-refractivity contribution in [2.24, 2.45) is 11.8 Å². The highest BCUT2D eigenvalue weighted by Gasteiger charge is 2.65. The predicted octanol–water partition coefficient (Wildman–Crippen LogP) is 1.18. The average Bonchev–Trinajstić information content (AvgIpc) is 2.97. The summed E-state index contributed by atoms with van der Waals surface area (Å²) in [5.74, 6) is -3.90. The van der Waals surface area contributed by atoms with Gasteiger partial charge in [0.1, 0.15) is 12.2 Å². The monoisotopic (exact) mass is 404 g/mol. The van der Waals surface area contributed by atoms with Crippen molar-refractivity contribution in [2.75, 3.05) is 6.61 Å². The van der Waals surface area contributed by atoms with Crippen LogP contribution >= 0.6 is 0 Å². The van der Waals surface area contributed by atoms with Crippen molar-refractivity contribution < 1.29 is 38.5 Å². The van der Waals surface area contributed by atoms with E-state index in [0.717, 1.165) is 0 Å². The largest absolute Gasteiger partial charge is 0.458 e. The first kappa shape index (κ1) is 21.0. The molecule has 1 fully saturated rings. The molecule has 8 nitrogen and oxygen atoms in total. The van der Waals surface area contributed by atoms with Crippen molar-refractivity contribution in [1.82, 2.24) is 0 Å². The number of esters is 3. The van der Waals surface area contributed by atoms with Crippen molar-refractivity contribution in [2.45, 2.75) is 51.9 Å². The number of aliphatic hydroxyl groups excluding tert-OH is 1. The second-order valence-corrected chi connectivity index (χ2v) is 7.93. The summed E-state index contributed by atoms with van der Waals surface area (Å²) < 4.78 is 16.6. The average molecular weight is 404 g/mol. The molecule has 3 aliphatic rings. The maximum Gasteiger partial charge on any atom is 0.351 e. The smallest absolute Gasteiger partial charge is 0.351 e. The minimum atomic E-state index is -1.71. The van der Waals surface area contributed by atoms with E-state index in [1.165, 1.54) is 26.8 Å². The Kier molecular flexibility index (Phi) is 5.25. The molecule has 1 N–H and O–H groups in total. The standard InChI is InChI=1S/C21H24O8/c1-9(2)19(25)27-14-7-12(8-22)16-13(24)6-10(3)15(16)18-17(14)21(5,20(26)28-18)29-11(4)23/h6,14-15,17-18,22H,1,7-8H2,2-5H3/t14-,15+,17+,18-,21-/m0/s1. The van der Waals surface area contributed by atoms with Gasteiger partial charge in [-0.3, -0.25) is 9.59 Å². The van der Waals surface area contributed by atoms with Crippen LogP contribution in [-0.4, -0.2) is 53.2 Å². The Morgan fingerprint density at radius 3 is 2.55 bits per heavy atom. The third-order valence-corrected chi connectivity index (χ3v) is 5.78. The molecular formula is C21H24O8. The van der Waals surface area contributed by atoms with Gasteiger partial charge in [0.15, 0.2) is 5.78 Å². The molecule has 0 bridgehead atoms. The van der Waals surface area contributed by atoms with Crippen LogP contribution in [0.2, 0.25) is 0 Å².